The molecule has 9 heteroatoms. The molecular weight excluding hydrogens is 591 g/mol. The van der Waals surface area contributed by atoms with Crippen molar-refractivity contribution in [2.24, 2.45) is 4.99 Å². The molecule has 0 saturated carbocycles. The largest absolute Gasteiger partial charge is 0.496 e. The van der Waals surface area contributed by atoms with Gasteiger partial charge in [-0.2, -0.15) is 0 Å². The van der Waals surface area contributed by atoms with Crippen molar-refractivity contribution in [3.05, 3.63) is 142 Å². The first-order valence-corrected chi connectivity index (χ1v) is 15.8. The number of nitrogens with one attached hydrogen (secondary N) is 1. The lowest BCUT2D eigenvalue weighted by atomic mass is 10.0. The van der Waals surface area contributed by atoms with Gasteiger partial charge in [-0.1, -0.05) is 53.8 Å². The summed E-state index contributed by atoms with van der Waals surface area (Å²) in [5.74, 6) is 1.24. The van der Waals surface area contributed by atoms with Crippen LogP contribution in [0.2, 0.25) is 0 Å². The Morgan fingerprint density at radius 1 is 1.00 bits per heavy atom. The highest BCUT2D eigenvalue weighted by atomic mass is 32.1. The van der Waals surface area contributed by atoms with Crippen molar-refractivity contribution < 1.29 is 14.3 Å². The Bertz CT molecular complexity index is 2060. The molecule has 2 aromatic heterocycles. The van der Waals surface area contributed by atoms with Crippen LogP contribution >= 0.6 is 22.7 Å². The molecular formula is C35H31N3O4S2. The molecule has 1 amide bonds. The van der Waals surface area contributed by atoms with Crippen LogP contribution in [0.1, 0.15) is 40.1 Å². The van der Waals surface area contributed by atoms with Crippen LogP contribution in [-0.2, 0) is 11.4 Å². The average molecular weight is 622 g/mol. The third-order valence-corrected chi connectivity index (χ3v) is 9.56. The Balaban J connectivity index is 1.38. The maximum absolute atomic E-state index is 14.0. The number of carbonyl (C=O) groups excluding carboxylic acids is 1. The summed E-state index contributed by atoms with van der Waals surface area (Å²) in [5, 5.41) is 4.93. The molecule has 1 N–H and O–H groups in total. The van der Waals surface area contributed by atoms with Gasteiger partial charge in [0.15, 0.2) is 4.80 Å². The van der Waals surface area contributed by atoms with Gasteiger partial charge in [0, 0.05) is 16.1 Å². The molecule has 0 spiro atoms. The number of benzene rings is 3. The van der Waals surface area contributed by atoms with E-state index in [9.17, 15) is 9.59 Å². The van der Waals surface area contributed by atoms with Gasteiger partial charge in [0.2, 0.25) is 0 Å². The monoisotopic (exact) mass is 621 g/mol. The molecule has 3 heterocycles. The number of methoxy groups -OCH3 is 1. The highest BCUT2D eigenvalue weighted by Gasteiger charge is 2.33. The molecule has 6 rings (SSSR count). The highest BCUT2D eigenvalue weighted by molar-refractivity contribution is 7.10. The van der Waals surface area contributed by atoms with E-state index in [4.69, 9.17) is 14.5 Å². The van der Waals surface area contributed by atoms with E-state index in [2.05, 4.69) is 18.3 Å². The summed E-state index contributed by atoms with van der Waals surface area (Å²) >= 11 is 2.82. The van der Waals surface area contributed by atoms with Crippen molar-refractivity contribution in [3.8, 4) is 11.5 Å². The number of para-hydroxylation sites is 1. The van der Waals surface area contributed by atoms with Crippen LogP contribution < -0.4 is 29.7 Å². The van der Waals surface area contributed by atoms with Crippen LogP contribution in [0.25, 0.3) is 6.08 Å². The standard InChI is InChI=1S/C35H31N3O4S2/c1-21-10-8-13-27(22(21)2)42-20-25-18-24(15-16-28(25)41-4)19-30-34(40)38-32(29-14-9-17-43-29)31(23(3)36-35(38)44-30)33(39)37-26-11-6-5-7-12-26/h5-19,32H,20H2,1-4H3,(H,37,39)/b30-19+. The summed E-state index contributed by atoms with van der Waals surface area (Å²) in [5.41, 5.74) is 5.46. The smallest absolute Gasteiger partial charge is 0.271 e. The third-order valence-electron chi connectivity index (χ3n) is 7.65. The third kappa shape index (κ3) is 5.76. The van der Waals surface area contributed by atoms with E-state index in [-0.39, 0.29) is 11.5 Å². The SMILES string of the molecule is COc1ccc(/C=c2/sc3n(c2=O)C(c2cccs2)C(C(=O)Nc2ccccc2)=C(C)N=3)cc1COc1cccc(C)c1C. The summed E-state index contributed by atoms with van der Waals surface area (Å²) in [6, 6.07) is 24.3. The number of ether oxygens (including phenoxy) is 2. The van der Waals surface area contributed by atoms with Crippen molar-refractivity contribution in [1.29, 1.82) is 0 Å². The fraction of sp³-hybridized carbons (Fsp3) is 0.171. The van der Waals surface area contributed by atoms with Crippen molar-refractivity contribution in [1.82, 2.24) is 4.57 Å². The molecule has 0 aliphatic carbocycles. The Morgan fingerprint density at radius 3 is 2.57 bits per heavy atom. The number of carbonyl (C=O) groups is 1. The molecule has 0 radical (unpaired) electrons. The van der Waals surface area contributed by atoms with Gasteiger partial charge in [-0.05, 0) is 85.3 Å². The Morgan fingerprint density at radius 2 is 1.82 bits per heavy atom. The number of fused-ring (bicyclic) bond motifs is 1. The number of aryl methyl sites for hydroxylation is 1. The molecule has 1 atom stereocenters. The molecule has 44 heavy (non-hydrogen) atoms. The van der Waals surface area contributed by atoms with Crippen molar-refractivity contribution in [2.45, 2.75) is 33.4 Å². The van der Waals surface area contributed by atoms with Gasteiger partial charge in [0.05, 0.1) is 22.9 Å². The minimum Gasteiger partial charge on any atom is -0.496 e. The van der Waals surface area contributed by atoms with Crippen LogP contribution in [0.3, 0.4) is 0 Å². The number of hydrogen-bond donors (Lipinski definition) is 1. The summed E-state index contributed by atoms with van der Waals surface area (Å²) < 4.78 is 13.9. The molecule has 5 aromatic rings. The quantitative estimate of drug-likeness (QED) is 0.226. The maximum Gasteiger partial charge on any atom is 0.271 e. The first-order chi connectivity index (χ1) is 21.3. The predicted octanol–water partition coefficient (Wildman–Crippen LogP) is 6.14. The zero-order chi connectivity index (χ0) is 30.8. The van der Waals surface area contributed by atoms with Crippen LogP contribution in [-0.4, -0.2) is 17.6 Å². The number of thiophene rings is 1. The van der Waals surface area contributed by atoms with Gasteiger partial charge in [0.1, 0.15) is 24.1 Å². The van der Waals surface area contributed by atoms with Gasteiger partial charge in [-0.3, -0.25) is 14.2 Å². The average Bonchev–Trinajstić information content (AvgIpc) is 3.66. The second kappa shape index (κ2) is 12.5. The number of hydrogen-bond acceptors (Lipinski definition) is 7. The van der Waals surface area contributed by atoms with Gasteiger partial charge < -0.3 is 14.8 Å². The lowest BCUT2D eigenvalue weighted by Gasteiger charge is -2.24. The van der Waals surface area contributed by atoms with Gasteiger partial charge >= 0.3 is 0 Å². The predicted molar refractivity (Wildman–Crippen MR) is 176 cm³/mol. The van der Waals surface area contributed by atoms with E-state index >= 15 is 0 Å². The highest BCUT2D eigenvalue weighted by Crippen LogP contribution is 2.33. The van der Waals surface area contributed by atoms with E-state index < -0.39 is 6.04 Å². The minimum absolute atomic E-state index is 0.200. The number of rotatable bonds is 8. The van der Waals surface area contributed by atoms with E-state index in [1.807, 2.05) is 98.1 Å². The van der Waals surface area contributed by atoms with E-state index in [1.165, 1.54) is 22.7 Å². The molecule has 1 aliphatic heterocycles. The number of nitrogens with zero attached hydrogens (tertiary/aromatic N) is 2. The molecule has 0 fully saturated rings. The Kier molecular flexibility index (Phi) is 8.32. The van der Waals surface area contributed by atoms with Crippen LogP contribution in [0, 0.1) is 13.8 Å². The molecule has 3 aromatic carbocycles. The molecule has 7 nitrogen and oxygen atoms in total. The number of allylic oxidation sites excluding steroid dienone is 1. The fourth-order valence-electron chi connectivity index (χ4n) is 5.24. The molecule has 0 saturated heterocycles. The lowest BCUT2D eigenvalue weighted by molar-refractivity contribution is -0.113. The Labute approximate surface area is 263 Å². The number of thiazole rings is 1. The molecule has 222 valence electrons. The Hall–Kier alpha value is -4.73. The topological polar surface area (TPSA) is 81.9 Å². The number of aromatic nitrogens is 1. The van der Waals surface area contributed by atoms with Crippen LogP contribution in [0.4, 0.5) is 5.69 Å². The van der Waals surface area contributed by atoms with Crippen molar-refractivity contribution >= 4 is 40.3 Å². The minimum atomic E-state index is -0.588. The fourth-order valence-corrected chi connectivity index (χ4v) is 7.11. The number of amides is 1. The van der Waals surface area contributed by atoms with Gasteiger partial charge in [0.25, 0.3) is 11.5 Å². The van der Waals surface area contributed by atoms with Crippen LogP contribution in [0.5, 0.6) is 11.5 Å². The van der Waals surface area contributed by atoms with Crippen molar-refractivity contribution in [2.75, 3.05) is 12.4 Å². The van der Waals surface area contributed by atoms with Gasteiger partial charge in [-0.25, -0.2) is 4.99 Å². The zero-order valence-electron chi connectivity index (χ0n) is 24.8. The first kappa shape index (κ1) is 29.3. The normalized spacial score (nSPS) is 14.6. The van der Waals surface area contributed by atoms with Gasteiger partial charge in [-0.15, -0.1) is 11.3 Å². The maximum atomic E-state index is 14.0. The lowest BCUT2D eigenvalue weighted by Crippen LogP contribution is -2.40. The summed E-state index contributed by atoms with van der Waals surface area (Å²) in [4.78, 5) is 33.9. The molecule has 1 unspecified atom stereocenters. The second-order valence-electron chi connectivity index (χ2n) is 10.5. The number of anilines is 1. The summed E-state index contributed by atoms with van der Waals surface area (Å²) in [6.45, 7) is 6.24. The van der Waals surface area contributed by atoms with Crippen molar-refractivity contribution in [3.63, 3.8) is 0 Å². The first-order valence-electron chi connectivity index (χ1n) is 14.1. The zero-order valence-corrected chi connectivity index (χ0v) is 26.4. The van der Waals surface area contributed by atoms with Crippen LogP contribution in [0.15, 0.2) is 105 Å². The second-order valence-corrected chi connectivity index (χ2v) is 12.5. The summed E-state index contributed by atoms with van der Waals surface area (Å²) in [6.07, 6.45) is 1.86. The van der Waals surface area contributed by atoms with E-state index in [0.29, 0.717) is 38.6 Å². The van der Waals surface area contributed by atoms with E-state index in [1.54, 1.807) is 11.7 Å². The van der Waals surface area contributed by atoms with E-state index in [0.717, 1.165) is 32.9 Å². The molecule has 1 aliphatic rings. The summed E-state index contributed by atoms with van der Waals surface area (Å²) in [7, 11) is 1.63. The molecule has 0 bridgehead atoms.